The van der Waals surface area contributed by atoms with Gasteiger partial charge in [-0.1, -0.05) is 35.3 Å². The average Bonchev–Trinajstić information content (AvgIpc) is 3.20. The molecule has 0 aliphatic rings. The smallest absolute Gasteiger partial charge is 0.339 e. The molecule has 3 rings (SSSR count). The fraction of sp³-hybridized carbons (Fsp3) is 0.0455. The Bertz CT molecular complexity index is 1190. The van der Waals surface area contributed by atoms with Crippen LogP contribution in [0.15, 0.2) is 64.6 Å². The van der Waals surface area contributed by atoms with E-state index in [4.69, 9.17) is 32.4 Å². The Kier molecular flexibility index (Phi) is 6.58. The number of anilines is 1. The molecule has 1 N–H and O–H groups in total. The maximum atomic E-state index is 12.5. The molecule has 6 nitrogen and oxygen atoms in total. The van der Waals surface area contributed by atoms with Crippen molar-refractivity contribution in [3.8, 4) is 17.4 Å². The van der Waals surface area contributed by atoms with Gasteiger partial charge in [-0.25, -0.2) is 4.79 Å². The summed E-state index contributed by atoms with van der Waals surface area (Å²) in [5, 5.41) is 12.9. The summed E-state index contributed by atoms with van der Waals surface area (Å²) in [5.41, 5.74) is 0.806. The van der Waals surface area contributed by atoms with Gasteiger partial charge in [-0.15, -0.1) is 0 Å². The number of rotatable bonds is 5. The topological polar surface area (TPSA) is 92.3 Å². The number of carbonyl (C=O) groups is 2. The van der Waals surface area contributed by atoms with E-state index in [0.717, 1.165) is 0 Å². The number of benzene rings is 2. The van der Waals surface area contributed by atoms with E-state index in [-0.39, 0.29) is 22.6 Å². The van der Waals surface area contributed by atoms with Crippen LogP contribution in [0.1, 0.15) is 16.1 Å². The van der Waals surface area contributed by atoms with Gasteiger partial charge in [-0.3, -0.25) is 4.79 Å². The second kappa shape index (κ2) is 9.31. The Morgan fingerprint density at radius 2 is 1.90 bits per heavy atom. The van der Waals surface area contributed by atoms with Crippen LogP contribution in [0.3, 0.4) is 0 Å². The highest BCUT2D eigenvalue weighted by Crippen LogP contribution is 2.32. The number of esters is 1. The summed E-state index contributed by atoms with van der Waals surface area (Å²) in [6, 6.07) is 16.4. The van der Waals surface area contributed by atoms with Crippen molar-refractivity contribution < 1.29 is 18.7 Å². The van der Waals surface area contributed by atoms with Gasteiger partial charge in [0.05, 0.1) is 23.4 Å². The predicted octanol–water partition coefficient (Wildman–Crippen LogP) is 5.59. The third-order valence-electron chi connectivity index (χ3n) is 4.06. The standard InChI is InChI=1S/C22H14Cl2N2O4/c1-29-22(28)17-4-2-3-5-19(17)26-21(27)13(12-25)10-15-7-9-20(30-15)16-8-6-14(23)11-18(16)24/h2-11H,1H3,(H,26,27). The van der Waals surface area contributed by atoms with Crippen LogP contribution in [0.25, 0.3) is 17.4 Å². The molecular formula is C22H14Cl2N2O4. The van der Waals surface area contributed by atoms with Crippen LogP contribution in [0.5, 0.6) is 0 Å². The van der Waals surface area contributed by atoms with Gasteiger partial charge < -0.3 is 14.5 Å². The Morgan fingerprint density at radius 1 is 1.13 bits per heavy atom. The number of methoxy groups -OCH3 is 1. The molecule has 8 heteroatoms. The number of carbonyl (C=O) groups excluding carboxylic acids is 2. The lowest BCUT2D eigenvalue weighted by Gasteiger charge is -2.08. The second-order valence-corrected chi connectivity index (χ2v) is 6.83. The molecule has 3 aromatic rings. The van der Waals surface area contributed by atoms with Gasteiger partial charge in [-0.05, 0) is 42.5 Å². The molecule has 0 spiro atoms. The molecule has 1 heterocycles. The molecule has 0 aliphatic carbocycles. The summed E-state index contributed by atoms with van der Waals surface area (Å²) >= 11 is 12.1. The Morgan fingerprint density at radius 3 is 2.60 bits per heavy atom. The zero-order valence-electron chi connectivity index (χ0n) is 15.6. The molecule has 0 fully saturated rings. The van der Waals surface area contributed by atoms with Crippen LogP contribution in [0.4, 0.5) is 5.69 Å². The van der Waals surface area contributed by atoms with Crippen molar-refractivity contribution in [2.75, 3.05) is 12.4 Å². The lowest BCUT2D eigenvalue weighted by atomic mass is 10.1. The lowest BCUT2D eigenvalue weighted by Crippen LogP contribution is -2.16. The number of halogens is 2. The van der Waals surface area contributed by atoms with Crippen LogP contribution in [0, 0.1) is 11.3 Å². The quantitative estimate of drug-likeness (QED) is 0.317. The maximum absolute atomic E-state index is 12.5. The number of furan rings is 1. The van der Waals surface area contributed by atoms with E-state index in [1.165, 1.54) is 25.3 Å². The summed E-state index contributed by atoms with van der Waals surface area (Å²) in [7, 11) is 1.24. The summed E-state index contributed by atoms with van der Waals surface area (Å²) in [5.74, 6) is -0.569. The van der Waals surface area contributed by atoms with Gasteiger partial charge in [0.1, 0.15) is 23.2 Å². The number of nitriles is 1. The Balaban J connectivity index is 1.85. The van der Waals surface area contributed by atoms with E-state index in [1.807, 2.05) is 6.07 Å². The largest absolute Gasteiger partial charge is 0.465 e. The van der Waals surface area contributed by atoms with Crippen LogP contribution in [-0.2, 0) is 9.53 Å². The average molecular weight is 441 g/mol. The second-order valence-electron chi connectivity index (χ2n) is 5.99. The number of nitrogens with zero attached hydrogens (tertiary/aromatic N) is 1. The first kappa shape index (κ1) is 21.2. The normalized spacial score (nSPS) is 10.9. The molecule has 0 atom stereocenters. The monoisotopic (exact) mass is 440 g/mol. The van der Waals surface area contributed by atoms with Crippen molar-refractivity contribution in [2.45, 2.75) is 0 Å². The first-order valence-corrected chi connectivity index (χ1v) is 9.34. The van der Waals surface area contributed by atoms with Crippen molar-refractivity contribution in [1.29, 1.82) is 5.26 Å². The van der Waals surface area contributed by atoms with E-state index >= 15 is 0 Å². The van der Waals surface area contributed by atoms with Crippen LogP contribution < -0.4 is 5.32 Å². The highest BCUT2D eigenvalue weighted by Gasteiger charge is 2.17. The minimum Gasteiger partial charge on any atom is -0.465 e. The van der Waals surface area contributed by atoms with Gasteiger partial charge in [0.25, 0.3) is 5.91 Å². The van der Waals surface area contributed by atoms with Crippen molar-refractivity contribution in [3.63, 3.8) is 0 Å². The van der Waals surface area contributed by atoms with E-state index < -0.39 is 11.9 Å². The molecule has 0 bridgehead atoms. The van der Waals surface area contributed by atoms with E-state index in [2.05, 4.69) is 5.32 Å². The van der Waals surface area contributed by atoms with Gasteiger partial charge in [0.15, 0.2) is 0 Å². The van der Waals surface area contributed by atoms with Gasteiger partial charge >= 0.3 is 5.97 Å². The predicted molar refractivity (Wildman–Crippen MR) is 114 cm³/mol. The summed E-state index contributed by atoms with van der Waals surface area (Å²) in [6.45, 7) is 0. The number of hydrogen-bond acceptors (Lipinski definition) is 5. The summed E-state index contributed by atoms with van der Waals surface area (Å²) < 4.78 is 10.4. The molecule has 1 aromatic heterocycles. The van der Waals surface area contributed by atoms with Gasteiger partial charge in [0, 0.05) is 16.7 Å². The zero-order chi connectivity index (χ0) is 21.7. The molecule has 0 radical (unpaired) electrons. The van der Waals surface area contributed by atoms with E-state index in [9.17, 15) is 14.9 Å². The minimum absolute atomic E-state index is 0.170. The fourth-order valence-corrected chi connectivity index (χ4v) is 3.13. The van der Waals surface area contributed by atoms with Crippen LogP contribution in [0.2, 0.25) is 10.0 Å². The molecule has 0 unspecified atom stereocenters. The van der Waals surface area contributed by atoms with E-state index in [0.29, 0.717) is 21.4 Å². The first-order valence-electron chi connectivity index (χ1n) is 8.58. The molecule has 0 saturated heterocycles. The molecule has 30 heavy (non-hydrogen) atoms. The zero-order valence-corrected chi connectivity index (χ0v) is 17.1. The lowest BCUT2D eigenvalue weighted by molar-refractivity contribution is -0.112. The van der Waals surface area contributed by atoms with Crippen molar-refractivity contribution in [2.24, 2.45) is 0 Å². The summed E-state index contributed by atoms with van der Waals surface area (Å²) in [4.78, 5) is 24.4. The third-order valence-corrected chi connectivity index (χ3v) is 4.60. The number of hydrogen-bond donors (Lipinski definition) is 1. The van der Waals surface area contributed by atoms with Crippen molar-refractivity contribution in [1.82, 2.24) is 0 Å². The van der Waals surface area contributed by atoms with Gasteiger partial charge in [0.2, 0.25) is 0 Å². The number of amides is 1. The molecular weight excluding hydrogens is 427 g/mol. The van der Waals surface area contributed by atoms with Crippen LogP contribution in [-0.4, -0.2) is 19.0 Å². The highest BCUT2D eigenvalue weighted by atomic mass is 35.5. The van der Waals surface area contributed by atoms with Gasteiger partial charge in [-0.2, -0.15) is 5.26 Å². The SMILES string of the molecule is COC(=O)c1ccccc1NC(=O)C(C#N)=Cc1ccc(-c2ccc(Cl)cc2Cl)o1. The van der Waals surface area contributed by atoms with Crippen molar-refractivity contribution in [3.05, 3.63) is 81.5 Å². The summed E-state index contributed by atoms with van der Waals surface area (Å²) in [6.07, 6.45) is 1.30. The first-order chi connectivity index (χ1) is 14.4. The molecule has 2 aromatic carbocycles. The fourth-order valence-electron chi connectivity index (χ4n) is 2.63. The number of ether oxygens (including phenoxy) is 1. The number of nitrogens with one attached hydrogen (secondary N) is 1. The molecule has 1 amide bonds. The Labute approximate surface area is 182 Å². The number of para-hydroxylation sites is 1. The van der Waals surface area contributed by atoms with Crippen LogP contribution >= 0.6 is 23.2 Å². The highest BCUT2D eigenvalue weighted by molar-refractivity contribution is 6.36. The molecule has 0 aliphatic heterocycles. The molecule has 150 valence electrons. The molecule has 0 saturated carbocycles. The third kappa shape index (κ3) is 4.71. The Hall–Kier alpha value is -3.53. The maximum Gasteiger partial charge on any atom is 0.339 e. The minimum atomic E-state index is -0.698. The van der Waals surface area contributed by atoms with E-state index in [1.54, 1.807) is 42.5 Å². The van der Waals surface area contributed by atoms with Crippen molar-refractivity contribution >= 4 is 46.8 Å².